The van der Waals surface area contributed by atoms with Gasteiger partial charge < -0.3 is 5.73 Å². The molecule has 2 N–H and O–H groups in total. The molecule has 140 valence electrons. The van der Waals surface area contributed by atoms with Crippen LogP contribution in [0.25, 0.3) is 22.4 Å². The molecule has 0 atom stereocenters. The highest BCUT2D eigenvalue weighted by Gasteiger charge is 2.41. The van der Waals surface area contributed by atoms with Crippen LogP contribution < -0.4 is 5.73 Å². The number of nitrogens with two attached hydrogens (primary N) is 1. The number of halogens is 5. The van der Waals surface area contributed by atoms with Crippen molar-refractivity contribution in [2.75, 3.05) is 0 Å². The first-order chi connectivity index (χ1) is 12.6. The lowest BCUT2D eigenvalue weighted by atomic mass is 9.94. The molecule has 9 heteroatoms. The van der Waals surface area contributed by atoms with Gasteiger partial charge in [-0.25, -0.2) is 8.78 Å². The number of hydrogen-bond donors (Lipinski definition) is 1. The van der Waals surface area contributed by atoms with E-state index in [1.54, 1.807) is 6.07 Å². The fourth-order valence-corrected chi connectivity index (χ4v) is 2.92. The predicted molar refractivity (Wildman–Crippen MR) is 87.5 cm³/mol. The number of alkyl halides is 3. The molecular formula is C18H12F5N3O. The van der Waals surface area contributed by atoms with Crippen molar-refractivity contribution in [1.82, 2.24) is 9.78 Å². The summed E-state index contributed by atoms with van der Waals surface area (Å²) in [6.45, 7) is 0. The lowest BCUT2D eigenvalue weighted by molar-refractivity contribution is -0.141. The Bertz CT molecular complexity index is 1020. The summed E-state index contributed by atoms with van der Waals surface area (Å²) in [4.78, 5) is 11.8. The molecule has 0 saturated carbocycles. The van der Waals surface area contributed by atoms with Gasteiger partial charge in [0.05, 0.1) is 11.3 Å². The summed E-state index contributed by atoms with van der Waals surface area (Å²) in [5.41, 5.74) is 3.19. The number of carbonyl (C=O) groups excluding carboxylic acids is 1. The minimum atomic E-state index is -4.90. The molecule has 0 aliphatic carbocycles. The number of benzene rings is 2. The molecule has 0 unspecified atom stereocenters. The molecule has 27 heavy (non-hydrogen) atoms. The number of nitrogens with zero attached hydrogens (tertiary/aromatic N) is 2. The van der Waals surface area contributed by atoms with Gasteiger partial charge >= 0.3 is 6.18 Å². The lowest BCUT2D eigenvalue weighted by Gasteiger charge is -2.12. The van der Waals surface area contributed by atoms with Gasteiger partial charge in [-0.05, 0) is 23.3 Å². The summed E-state index contributed by atoms with van der Waals surface area (Å²) in [5.74, 6) is -3.02. The van der Waals surface area contributed by atoms with Crippen molar-refractivity contribution in [3.63, 3.8) is 0 Å². The standard InChI is InChI=1S/C18H12F5N3O/c1-26-15(14(17(24)27)16(25-26)18(21,22)23)13-5-3-2-4-12(13)9-6-10(19)8-11(20)7-9/h2-8H,1H3,(H2,24,27). The fourth-order valence-electron chi connectivity index (χ4n) is 2.92. The molecular weight excluding hydrogens is 369 g/mol. The maximum Gasteiger partial charge on any atom is 0.435 e. The van der Waals surface area contributed by atoms with E-state index in [0.29, 0.717) is 6.07 Å². The van der Waals surface area contributed by atoms with Gasteiger partial charge in [0.15, 0.2) is 5.69 Å². The van der Waals surface area contributed by atoms with Gasteiger partial charge in [0.25, 0.3) is 5.91 Å². The molecule has 0 fully saturated rings. The van der Waals surface area contributed by atoms with Crippen LogP contribution in [-0.2, 0) is 13.2 Å². The van der Waals surface area contributed by atoms with E-state index in [-0.39, 0.29) is 22.4 Å². The molecule has 4 nitrogen and oxygen atoms in total. The van der Waals surface area contributed by atoms with Crippen molar-refractivity contribution < 1.29 is 26.7 Å². The van der Waals surface area contributed by atoms with E-state index >= 15 is 0 Å². The highest BCUT2D eigenvalue weighted by molar-refractivity contribution is 6.02. The van der Waals surface area contributed by atoms with Crippen LogP contribution in [0.15, 0.2) is 42.5 Å². The summed E-state index contributed by atoms with van der Waals surface area (Å²) in [6, 6.07) is 8.69. The van der Waals surface area contributed by atoms with Crippen LogP contribution in [0.5, 0.6) is 0 Å². The van der Waals surface area contributed by atoms with E-state index in [1.807, 2.05) is 0 Å². The second-order valence-electron chi connectivity index (χ2n) is 5.76. The molecule has 3 rings (SSSR count). The molecule has 0 bridgehead atoms. The Morgan fingerprint density at radius 2 is 1.59 bits per heavy atom. The fraction of sp³-hybridized carbons (Fsp3) is 0.111. The summed E-state index contributed by atoms with van der Waals surface area (Å²) in [5, 5.41) is 3.39. The van der Waals surface area contributed by atoms with Crippen LogP contribution in [0, 0.1) is 11.6 Å². The van der Waals surface area contributed by atoms with Crippen LogP contribution in [0.2, 0.25) is 0 Å². The van der Waals surface area contributed by atoms with E-state index in [0.717, 1.165) is 16.8 Å². The van der Waals surface area contributed by atoms with Crippen LogP contribution >= 0.6 is 0 Å². The number of carbonyl (C=O) groups is 1. The number of aryl methyl sites for hydroxylation is 1. The normalized spacial score (nSPS) is 11.6. The van der Waals surface area contributed by atoms with Crippen LogP contribution in [-0.4, -0.2) is 15.7 Å². The van der Waals surface area contributed by atoms with E-state index < -0.39 is 35.0 Å². The van der Waals surface area contributed by atoms with Crippen molar-refractivity contribution in [2.24, 2.45) is 12.8 Å². The lowest BCUT2D eigenvalue weighted by Crippen LogP contribution is -2.18. The third-order valence-corrected chi connectivity index (χ3v) is 3.92. The van der Waals surface area contributed by atoms with Gasteiger partial charge in [0.2, 0.25) is 0 Å². The average Bonchev–Trinajstić information content (AvgIpc) is 2.91. The zero-order chi connectivity index (χ0) is 19.9. The quantitative estimate of drug-likeness (QED) is 0.693. The van der Waals surface area contributed by atoms with Crippen molar-refractivity contribution in [1.29, 1.82) is 0 Å². The molecule has 0 spiro atoms. The Hall–Kier alpha value is -3.23. The first kappa shape index (κ1) is 18.6. The maximum atomic E-state index is 13.6. The molecule has 0 aliphatic rings. The average molecular weight is 381 g/mol. The van der Waals surface area contributed by atoms with E-state index in [4.69, 9.17) is 5.73 Å². The SMILES string of the molecule is Cn1nc(C(F)(F)F)c(C(N)=O)c1-c1ccccc1-c1cc(F)cc(F)c1. The van der Waals surface area contributed by atoms with E-state index in [2.05, 4.69) is 5.10 Å². The van der Waals surface area contributed by atoms with Gasteiger partial charge in [0, 0.05) is 18.7 Å². The first-order valence-electron chi connectivity index (χ1n) is 7.59. The minimum Gasteiger partial charge on any atom is -0.365 e. The number of rotatable bonds is 3. The summed E-state index contributed by atoms with van der Waals surface area (Å²) in [7, 11) is 1.22. The number of amides is 1. The smallest absolute Gasteiger partial charge is 0.365 e. The summed E-state index contributed by atoms with van der Waals surface area (Å²) in [6.07, 6.45) is -4.90. The Labute approximate surface area is 150 Å². The third kappa shape index (κ3) is 3.40. The molecule has 1 amide bonds. The molecule has 1 heterocycles. The summed E-state index contributed by atoms with van der Waals surface area (Å²) < 4.78 is 67.9. The minimum absolute atomic E-state index is 0.0910. The zero-order valence-electron chi connectivity index (χ0n) is 13.8. The Balaban J connectivity index is 2.34. The predicted octanol–water partition coefficient (Wildman–Crippen LogP) is 4.15. The molecule has 1 aromatic heterocycles. The van der Waals surface area contributed by atoms with Gasteiger partial charge in [-0.1, -0.05) is 24.3 Å². The summed E-state index contributed by atoms with van der Waals surface area (Å²) >= 11 is 0. The maximum absolute atomic E-state index is 13.6. The topological polar surface area (TPSA) is 60.9 Å². The second-order valence-corrected chi connectivity index (χ2v) is 5.76. The number of hydrogen-bond acceptors (Lipinski definition) is 2. The van der Waals surface area contributed by atoms with Crippen LogP contribution in [0.4, 0.5) is 22.0 Å². The van der Waals surface area contributed by atoms with E-state index in [9.17, 15) is 26.7 Å². The highest BCUT2D eigenvalue weighted by Crippen LogP contribution is 2.39. The van der Waals surface area contributed by atoms with Gasteiger partial charge in [-0.2, -0.15) is 18.3 Å². The van der Waals surface area contributed by atoms with Gasteiger partial charge in [0.1, 0.15) is 11.6 Å². The second kappa shape index (κ2) is 6.49. The van der Waals surface area contributed by atoms with Crippen molar-refractivity contribution >= 4 is 5.91 Å². The van der Waals surface area contributed by atoms with Gasteiger partial charge in [-0.3, -0.25) is 9.48 Å². The Kier molecular flexibility index (Phi) is 4.46. The van der Waals surface area contributed by atoms with Crippen molar-refractivity contribution in [3.05, 3.63) is 65.4 Å². The molecule has 0 radical (unpaired) electrons. The van der Waals surface area contributed by atoms with E-state index in [1.165, 1.54) is 25.2 Å². The third-order valence-electron chi connectivity index (χ3n) is 3.92. The zero-order valence-corrected chi connectivity index (χ0v) is 13.8. The number of aromatic nitrogens is 2. The monoisotopic (exact) mass is 381 g/mol. The Morgan fingerprint density at radius 3 is 2.11 bits per heavy atom. The highest BCUT2D eigenvalue weighted by atomic mass is 19.4. The molecule has 3 aromatic rings. The van der Waals surface area contributed by atoms with Crippen LogP contribution in [0.3, 0.4) is 0 Å². The Morgan fingerprint density at radius 1 is 1.04 bits per heavy atom. The van der Waals surface area contributed by atoms with Crippen LogP contribution in [0.1, 0.15) is 16.1 Å². The molecule has 2 aromatic carbocycles. The van der Waals surface area contributed by atoms with Crippen molar-refractivity contribution in [3.8, 4) is 22.4 Å². The largest absolute Gasteiger partial charge is 0.435 e. The molecule has 0 saturated heterocycles. The van der Waals surface area contributed by atoms with Crippen molar-refractivity contribution in [2.45, 2.75) is 6.18 Å². The molecule has 0 aliphatic heterocycles. The number of primary amides is 1. The van der Waals surface area contributed by atoms with Gasteiger partial charge in [-0.15, -0.1) is 0 Å². The first-order valence-corrected chi connectivity index (χ1v) is 7.59.